The average Bonchev–Trinajstić information content (AvgIpc) is 2.26. The standard InChI is InChI=1S/C10H14BrN3O3S/c1-18(16,17)14-5-4-13-10(15)7-2-3-8(11)9(12)6-7/h2-3,6,14H,4-5,12H2,1H3,(H,13,15). The van der Waals surface area contributed by atoms with Crippen LogP contribution in [0.1, 0.15) is 10.4 Å². The van der Waals surface area contributed by atoms with Crippen LogP contribution in [0.5, 0.6) is 0 Å². The summed E-state index contributed by atoms with van der Waals surface area (Å²) in [5.74, 6) is -0.301. The van der Waals surface area contributed by atoms with Gasteiger partial charge in [-0.25, -0.2) is 13.1 Å². The van der Waals surface area contributed by atoms with Crippen molar-refractivity contribution in [2.24, 2.45) is 0 Å². The van der Waals surface area contributed by atoms with E-state index in [0.29, 0.717) is 11.3 Å². The molecule has 0 aliphatic rings. The van der Waals surface area contributed by atoms with E-state index in [1.54, 1.807) is 18.2 Å². The Kier molecular flexibility index (Phi) is 5.12. The van der Waals surface area contributed by atoms with Crippen molar-refractivity contribution < 1.29 is 13.2 Å². The van der Waals surface area contributed by atoms with E-state index in [4.69, 9.17) is 5.73 Å². The molecule has 0 saturated carbocycles. The Balaban J connectivity index is 2.48. The third-order valence-electron chi connectivity index (χ3n) is 2.03. The molecular formula is C10H14BrN3O3S. The maximum atomic E-state index is 11.7. The third-order valence-corrected chi connectivity index (χ3v) is 3.48. The van der Waals surface area contributed by atoms with Gasteiger partial charge in [-0.1, -0.05) is 0 Å². The van der Waals surface area contributed by atoms with Crippen molar-refractivity contribution in [3.63, 3.8) is 0 Å². The van der Waals surface area contributed by atoms with Gasteiger partial charge >= 0.3 is 0 Å². The average molecular weight is 336 g/mol. The van der Waals surface area contributed by atoms with Crippen LogP contribution in [-0.2, 0) is 10.0 Å². The fraction of sp³-hybridized carbons (Fsp3) is 0.300. The lowest BCUT2D eigenvalue weighted by Gasteiger charge is -2.07. The van der Waals surface area contributed by atoms with Crippen LogP contribution in [0.25, 0.3) is 0 Å². The number of halogens is 1. The Morgan fingerprint density at radius 1 is 1.39 bits per heavy atom. The molecule has 4 N–H and O–H groups in total. The zero-order chi connectivity index (χ0) is 13.8. The van der Waals surface area contributed by atoms with Crippen molar-refractivity contribution in [2.45, 2.75) is 0 Å². The minimum atomic E-state index is -3.23. The summed E-state index contributed by atoms with van der Waals surface area (Å²) >= 11 is 3.23. The number of amides is 1. The van der Waals surface area contributed by atoms with Crippen molar-refractivity contribution >= 4 is 37.5 Å². The molecule has 0 atom stereocenters. The van der Waals surface area contributed by atoms with Gasteiger partial charge in [0.25, 0.3) is 5.91 Å². The first-order valence-corrected chi connectivity index (χ1v) is 7.76. The second-order valence-corrected chi connectivity index (χ2v) is 6.35. The van der Waals surface area contributed by atoms with Gasteiger partial charge in [-0.2, -0.15) is 0 Å². The minimum absolute atomic E-state index is 0.149. The molecule has 1 aromatic carbocycles. The van der Waals surface area contributed by atoms with Crippen LogP contribution in [0.3, 0.4) is 0 Å². The Bertz CT molecular complexity index is 545. The molecule has 100 valence electrons. The number of nitrogens with two attached hydrogens (primary N) is 1. The molecule has 0 aliphatic heterocycles. The lowest BCUT2D eigenvalue weighted by molar-refractivity contribution is 0.0954. The summed E-state index contributed by atoms with van der Waals surface area (Å²) in [6.45, 7) is 0.360. The molecule has 0 heterocycles. The number of rotatable bonds is 5. The molecule has 1 amide bonds. The highest BCUT2D eigenvalue weighted by Crippen LogP contribution is 2.19. The third kappa shape index (κ3) is 5.03. The normalized spacial score (nSPS) is 11.2. The maximum Gasteiger partial charge on any atom is 0.251 e. The predicted octanol–water partition coefficient (Wildman–Crippen LogP) is 0.310. The van der Waals surface area contributed by atoms with Gasteiger partial charge in [0.2, 0.25) is 10.0 Å². The Hall–Kier alpha value is -1.12. The highest BCUT2D eigenvalue weighted by Gasteiger charge is 2.07. The first kappa shape index (κ1) is 14.9. The van der Waals surface area contributed by atoms with E-state index in [2.05, 4.69) is 26.0 Å². The molecule has 0 fully saturated rings. The molecule has 0 bridgehead atoms. The monoisotopic (exact) mass is 335 g/mol. The Morgan fingerprint density at radius 2 is 2.06 bits per heavy atom. The van der Waals surface area contributed by atoms with Crippen LogP contribution in [-0.4, -0.2) is 33.7 Å². The van der Waals surface area contributed by atoms with Gasteiger partial charge in [0, 0.05) is 28.8 Å². The van der Waals surface area contributed by atoms with Gasteiger partial charge in [-0.05, 0) is 34.1 Å². The summed E-state index contributed by atoms with van der Waals surface area (Å²) in [6.07, 6.45) is 1.06. The van der Waals surface area contributed by atoms with Crippen molar-refractivity contribution in [1.82, 2.24) is 10.0 Å². The summed E-state index contributed by atoms with van der Waals surface area (Å²) < 4.78 is 24.6. The van der Waals surface area contributed by atoms with Crippen LogP contribution in [0.4, 0.5) is 5.69 Å². The summed E-state index contributed by atoms with van der Waals surface area (Å²) in [6, 6.07) is 4.85. The van der Waals surface area contributed by atoms with Crippen molar-refractivity contribution in [1.29, 1.82) is 0 Å². The molecule has 1 rings (SSSR count). The van der Waals surface area contributed by atoms with Gasteiger partial charge in [0.05, 0.1) is 6.26 Å². The number of sulfonamides is 1. The number of nitrogens with one attached hydrogen (secondary N) is 2. The topological polar surface area (TPSA) is 101 Å². The molecule has 1 aromatic rings. The van der Waals surface area contributed by atoms with Gasteiger partial charge in [0.15, 0.2) is 0 Å². The highest BCUT2D eigenvalue weighted by molar-refractivity contribution is 9.10. The SMILES string of the molecule is CS(=O)(=O)NCCNC(=O)c1ccc(Br)c(N)c1. The lowest BCUT2D eigenvalue weighted by atomic mass is 10.2. The van der Waals surface area contributed by atoms with E-state index in [-0.39, 0.29) is 19.0 Å². The fourth-order valence-corrected chi connectivity index (χ4v) is 1.92. The van der Waals surface area contributed by atoms with Crippen molar-refractivity contribution in [3.8, 4) is 0 Å². The van der Waals surface area contributed by atoms with Gasteiger partial charge < -0.3 is 11.1 Å². The number of hydrogen-bond acceptors (Lipinski definition) is 4. The minimum Gasteiger partial charge on any atom is -0.398 e. The van der Waals surface area contributed by atoms with Gasteiger partial charge in [-0.15, -0.1) is 0 Å². The zero-order valence-electron chi connectivity index (χ0n) is 9.73. The second-order valence-electron chi connectivity index (χ2n) is 3.66. The lowest BCUT2D eigenvalue weighted by Crippen LogP contribution is -2.34. The van der Waals surface area contributed by atoms with E-state index < -0.39 is 10.0 Å². The predicted molar refractivity (Wildman–Crippen MR) is 73.7 cm³/mol. The van der Waals surface area contributed by atoms with E-state index in [1.165, 1.54) is 0 Å². The Morgan fingerprint density at radius 3 is 2.61 bits per heavy atom. The number of hydrogen-bond donors (Lipinski definition) is 3. The van der Waals surface area contributed by atoms with E-state index in [1.807, 2.05) is 0 Å². The fourth-order valence-electron chi connectivity index (χ4n) is 1.20. The van der Waals surface area contributed by atoms with Crippen LogP contribution >= 0.6 is 15.9 Å². The smallest absolute Gasteiger partial charge is 0.251 e. The molecule has 8 heteroatoms. The molecular weight excluding hydrogens is 322 g/mol. The van der Waals surface area contributed by atoms with Crippen LogP contribution in [0.15, 0.2) is 22.7 Å². The largest absolute Gasteiger partial charge is 0.398 e. The number of nitrogen functional groups attached to an aromatic ring is 1. The molecule has 0 saturated heterocycles. The summed E-state index contributed by atoms with van der Waals surface area (Å²) in [5.41, 5.74) is 6.55. The maximum absolute atomic E-state index is 11.7. The van der Waals surface area contributed by atoms with E-state index in [9.17, 15) is 13.2 Å². The number of benzene rings is 1. The molecule has 0 spiro atoms. The summed E-state index contributed by atoms with van der Waals surface area (Å²) in [7, 11) is -3.23. The second kappa shape index (κ2) is 6.17. The summed E-state index contributed by atoms with van der Waals surface area (Å²) in [5, 5.41) is 2.58. The van der Waals surface area contributed by atoms with E-state index in [0.717, 1.165) is 10.7 Å². The van der Waals surface area contributed by atoms with Gasteiger partial charge in [-0.3, -0.25) is 4.79 Å². The van der Waals surface area contributed by atoms with E-state index >= 15 is 0 Å². The zero-order valence-corrected chi connectivity index (χ0v) is 12.1. The van der Waals surface area contributed by atoms with Crippen LogP contribution in [0, 0.1) is 0 Å². The van der Waals surface area contributed by atoms with Crippen molar-refractivity contribution in [3.05, 3.63) is 28.2 Å². The summed E-state index contributed by atoms with van der Waals surface area (Å²) in [4.78, 5) is 11.7. The molecule has 0 radical (unpaired) electrons. The molecule has 6 nitrogen and oxygen atoms in total. The molecule has 0 unspecified atom stereocenters. The number of anilines is 1. The van der Waals surface area contributed by atoms with Crippen LogP contribution in [0.2, 0.25) is 0 Å². The number of carbonyl (C=O) groups is 1. The molecule has 0 aliphatic carbocycles. The first-order chi connectivity index (χ1) is 8.29. The quantitative estimate of drug-likeness (QED) is 0.532. The number of carbonyl (C=O) groups excluding carboxylic acids is 1. The van der Waals surface area contributed by atoms with Gasteiger partial charge in [0.1, 0.15) is 0 Å². The first-order valence-electron chi connectivity index (χ1n) is 5.07. The Labute approximate surface area is 114 Å². The highest BCUT2D eigenvalue weighted by atomic mass is 79.9. The molecule has 0 aromatic heterocycles. The van der Waals surface area contributed by atoms with Crippen molar-refractivity contribution in [2.75, 3.05) is 25.1 Å². The molecule has 18 heavy (non-hydrogen) atoms. The van der Waals surface area contributed by atoms with Crippen LogP contribution < -0.4 is 15.8 Å².